The van der Waals surface area contributed by atoms with Crippen molar-refractivity contribution < 1.29 is 52.5 Å². The molecule has 0 heterocycles. The normalized spacial score (nSPS) is 4.00. The second-order valence-corrected chi connectivity index (χ2v) is 0.848. The summed E-state index contributed by atoms with van der Waals surface area (Å²) in [4.78, 5) is 14.3. The van der Waals surface area contributed by atoms with E-state index in [1.54, 1.807) is 0 Å². The van der Waals surface area contributed by atoms with E-state index in [9.17, 15) is 0 Å². The molecule has 0 rings (SSSR count). The molecular formula is H4CaLaO3Si. The minimum Gasteiger partial charge on any atom is -1.00 e. The van der Waals surface area contributed by atoms with Crippen molar-refractivity contribution in [2.45, 2.75) is 0 Å². The number of hydrogen-bond donors (Lipinski definition) is 2. The topological polar surface area (TPSA) is 57.5 Å². The van der Waals surface area contributed by atoms with Crippen molar-refractivity contribution in [1.29, 1.82) is 0 Å². The first-order valence-corrected chi connectivity index (χ1v) is 1.95. The smallest absolute Gasteiger partial charge is 1.00 e. The first-order valence-electron chi connectivity index (χ1n) is 0.651. The molecule has 3 nitrogen and oxygen atoms in total. The van der Waals surface area contributed by atoms with Gasteiger partial charge in [-0.05, 0) is 0 Å². The van der Waals surface area contributed by atoms with Crippen LogP contribution >= 0.6 is 0 Å². The maximum Gasteiger partial charge on any atom is 2.00 e. The third kappa shape index (κ3) is 36.4. The van der Waals surface area contributed by atoms with E-state index in [0.29, 0.717) is 0 Å². The van der Waals surface area contributed by atoms with Gasteiger partial charge in [-0.15, -0.1) is 0 Å². The zero-order chi connectivity index (χ0) is 3.58. The van der Waals surface area contributed by atoms with Crippen molar-refractivity contribution in [3.63, 3.8) is 0 Å². The van der Waals surface area contributed by atoms with E-state index >= 15 is 0 Å². The van der Waals surface area contributed by atoms with Crippen LogP contribution in [0, 0.1) is 35.6 Å². The fourth-order valence-corrected chi connectivity index (χ4v) is 0. The Morgan fingerprint density at radius 1 is 1.50 bits per heavy atom. The predicted octanol–water partition coefficient (Wildman–Crippen LogP) is -1.77. The van der Waals surface area contributed by atoms with Crippen molar-refractivity contribution in [2.24, 2.45) is 0 Å². The van der Waals surface area contributed by atoms with Crippen LogP contribution in [0.2, 0.25) is 0 Å². The van der Waals surface area contributed by atoms with Gasteiger partial charge in [-0.1, -0.05) is 0 Å². The molecule has 31 valence electrons. The molecule has 0 amide bonds. The number of rotatable bonds is 0. The van der Waals surface area contributed by atoms with Crippen molar-refractivity contribution in [3.05, 3.63) is 0 Å². The van der Waals surface area contributed by atoms with Gasteiger partial charge in [-0.2, -0.15) is 0 Å². The molecule has 0 aliphatic heterocycles. The molecule has 0 aromatic rings. The molecule has 1 radical (unpaired) electrons. The van der Waals surface area contributed by atoms with E-state index in [1.807, 2.05) is 0 Å². The Hall–Kier alpha value is 2.07. The monoisotopic (exact) mass is 259 g/mol. The first-order chi connectivity index (χ1) is 1.73. The average molecular weight is 259 g/mol. The van der Waals surface area contributed by atoms with Crippen LogP contribution in [0.4, 0.5) is 0 Å². The molecule has 0 unspecified atom stereocenters. The van der Waals surface area contributed by atoms with Gasteiger partial charge >= 0.3 is 46.9 Å². The van der Waals surface area contributed by atoms with Crippen molar-refractivity contribution in [2.75, 3.05) is 0 Å². The summed E-state index contributed by atoms with van der Waals surface area (Å²) in [7, 11) is -3.13. The SMILES string of the molecule is O=[Si](O)O.[Ca+2].[H-].[H-].[La]. The molecule has 0 fully saturated rings. The molecule has 6 heavy (non-hydrogen) atoms. The van der Waals surface area contributed by atoms with Crippen molar-refractivity contribution in [1.82, 2.24) is 0 Å². The average Bonchev–Trinajstić information content (AvgIpc) is 0.811. The van der Waals surface area contributed by atoms with E-state index in [1.165, 1.54) is 0 Å². The van der Waals surface area contributed by atoms with Crippen LogP contribution in [-0.2, 0) is 4.46 Å². The van der Waals surface area contributed by atoms with E-state index in [0.717, 1.165) is 0 Å². The summed E-state index contributed by atoms with van der Waals surface area (Å²) in [5.41, 5.74) is 0. The first kappa shape index (κ1) is 15.7. The van der Waals surface area contributed by atoms with Gasteiger partial charge in [0.2, 0.25) is 0 Å². The molecule has 0 bridgehead atoms. The quantitative estimate of drug-likeness (QED) is 0.506. The molecule has 0 saturated carbocycles. The van der Waals surface area contributed by atoms with Crippen LogP contribution in [0.3, 0.4) is 0 Å². The number of hydrogen-bond acceptors (Lipinski definition) is 1. The maximum absolute atomic E-state index is 8.74. The zero-order valence-corrected chi connectivity index (χ0v) is 9.92. The summed E-state index contributed by atoms with van der Waals surface area (Å²) < 4.78 is 8.74. The van der Waals surface area contributed by atoms with E-state index in [2.05, 4.69) is 0 Å². The minimum absolute atomic E-state index is 0. The molecular weight excluding hydrogens is 255 g/mol. The molecule has 0 aromatic heterocycles. The standard InChI is InChI=1S/Ca.La.H2O3Si.2H/c;;1-4(2)3;;/h;;1-2H;;/q+2;;;2*-1. The fraction of sp³-hybridized carbons (Fsp3) is 0. The maximum atomic E-state index is 8.74. The summed E-state index contributed by atoms with van der Waals surface area (Å²) in [5, 5.41) is 0. The van der Waals surface area contributed by atoms with E-state index in [4.69, 9.17) is 14.1 Å². The Bertz CT molecular complexity index is 40.3. The molecule has 0 aliphatic carbocycles. The predicted molar refractivity (Wildman–Crippen MR) is 18.9 cm³/mol. The second-order valence-electron chi connectivity index (χ2n) is 0.283. The molecule has 0 atom stereocenters. The van der Waals surface area contributed by atoms with Gasteiger partial charge in [0.25, 0.3) is 0 Å². The Balaban J connectivity index is -0.00000000750. The molecule has 2 N–H and O–H groups in total. The molecule has 6 heteroatoms. The molecule has 0 saturated heterocycles. The fourth-order valence-electron chi connectivity index (χ4n) is 0. The van der Waals surface area contributed by atoms with Gasteiger partial charge in [0, 0.05) is 35.6 Å². The van der Waals surface area contributed by atoms with Gasteiger partial charge < -0.3 is 12.4 Å². The summed E-state index contributed by atoms with van der Waals surface area (Å²) in [5.74, 6) is 0. The Morgan fingerprint density at radius 3 is 1.50 bits per heavy atom. The van der Waals surface area contributed by atoms with Crippen molar-refractivity contribution >= 4 is 46.9 Å². The van der Waals surface area contributed by atoms with Crippen molar-refractivity contribution in [3.8, 4) is 0 Å². The van der Waals surface area contributed by atoms with Gasteiger partial charge in [0.05, 0.1) is 0 Å². The Labute approximate surface area is 97.6 Å². The van der Waals surface area contributed by atoms with Gasteiger partial charge in [-0.25, -0.2) is 0 Å². The molecule has 0 aliphatic rings. The van der Waals surface area contributed by atoms with Gasteiger partial charge in [0.1, 0.15) is 0 Å². The van der Waals surface area contributed by atoms with Crippen LogP contribution in [0.5, 0.6) is 0 Å². The third-order valence-corrected chi connectivity index (χ3v) is 0. The van der Waals surface area contributed by atoms with Gasteiger partial charge in [0.15, 0.2) is 0 Å². The Kier molecular flexibility index (Phi) is 26.5. The summed E-state index contributed by atoms with van der Waals surface area (Å²) >= 11 is 0. The van der Waals surface area contributed by atoms with Crippen LogP contribution < -0.4 is 0 Å². The Morgan fingerprint density at radius 2 is 1.50 bits per heavy atom. The zero-order valence-electron chi connectivity index (χ0n) is 5.09. The second kappa shape index (κ2) is 10.1. The van der Waals surface area contributed by atoms with E-state index < -0.39 is 9.17 Å². The third-order valence-electron chi connectivity index (χ3n) is 0. The molecule has 0 spiro atoms. The molecule has 0 aromatic carbocycles. The summed E-state index contributed by atoms with van der Waals surface area (Å²) in [6.45, 7) is 0. The van der Waals surface area contributed by atoms with Crippen LogP contribution in [-0.4, -0.2) is 56.5 Å². The van der Waals surface area contributed by atoms with Crippen LogP contribution in [0.1, 0.15) is 2.85 Å². The van der Waals surface area contributed by atoms with Crippen LogP contribution in [0.15, 0.2) is 0 Å². The van der Waals surface area contributed by atoms with Crippen LogP contribution in [0.25, 0.3) is 0 Å². The van der Waals surface area contributed by atoms with Gasteiger partial charge in [-0.3, -0.25) is 4.46 Å². The summed E-state index contributed by atoms with van der Waals surface area (Å²) in [6.07, 6.45) is 0. The minimum atomic E-state index is -3.13. The van der Waals surface area contributed by atoms with E-state index in [-0.39, 0.29) is 76.2 Å². The largest absolute Gasteiger partial charge is 2.00 e. The summed E-state index contributed by atoms with van der Waals surface area (Å²) in [6, 6.07) is 0.